The van der Waals surface area contributed by atoms with E-state index in [9.17, 15) is 0 Å². The molecule has 2 rings (SSSR count). The molecule has 1 aliphatic rings. The predicted molar refractivity (Wildman–Crippen MR) is 76.9 cm³/mol. The third kappa shape index (κ3) is 4.47. The summed E-state index contributed by atoms with van der Waals surface area (Å²) >= 11 is 3.78. The summed E-state index contributed by atoms with van der Waals surface area (Å²) in [5, 5.41) is 14.7. The van der Waals surface area contributed by atoms with E-state index in [-0.39, 0.29) is 0 Å². The van der Waals surface area contributed by atoms with Crippen molar-refractivity contribution in [2.24, 2.45) is 0 Å². The van der Waals surface area contributed by atoms with Gasteiger partial charge in [0.15, 0.2) is 0 Å². The lowest BCUT2D eigenvalue weighted by atomic mass is 10.0. The molecule has 0 atom stereocenters. The number of rotatable bonds is 6. The molecule has 1 N–H and O–H groups in total. The number of hydrogen-bond donors (Lipinski definition) is 1. The van der Waals surface area contributed by atoms with Crippen molar-refractivity contribution in [1.29, 1.82) is 0 Å². The Morgan fingerprint density at radius 2 is 2.12 bits per heavy atom. The molecule has 1 heterocycles. The lowest BCUT2D eigenvalue weighted by Gasteiger charge is -2.20. The smallest absolute Gasteiger partial charge is 0.205 e. The van der Waals surface area contributed by atoms with Crippen LogP contribution in [0.3, 0.4) is 0 Å². The average Bonchev–Trinajstić information content (AvgIpc) is 2.83. The minimum Gasteiger partial charge on any atom is -0.360 e. The van der Waals surface area contributed by atoms with Crippen LogP contribution in [0.2, 0.25) is 0 Å². The Labute approximate surface area is 112 Å². The van der Waals surface area contributed by atoms with Gasteiger partial charge in [0.2, 0.25) is 5.13 Å². The molecule has 1 aromatic rings. The van der Waals surface area contributed by atoms with Gasteiger partial charge in [-0.3, -0.25) is 0 Å². The van der Waals surface area contributed by atoms with Gasteiger partial charge >= 0.3 is 0 Å². The highest BCUT2D eigenvalue weighted by atomic mass is 32.2. The minimum absolute atomic E-state index is 0.861. The van der Waals surface area contributed by atoms with Gasteiger partial charge in [-0.05, 0) is 19.3 Å². The van der Waals surface area contributed by atoms with Crippen molar-refractivity contribution in [1.82, 2.24) is 10.2 Å². The topological polar surface area (TPSA) is 37.8 Å². The van der Waals surface area contributed by atoms with Crippen LogP contribution in [-0.4, -0.2) is 22.0 Å². The third-order valence-corrected chi connectivity index (χ3v) is 5.43. The Morgan fingerprint density at radius 3 is 2.88 bits per heavy atom. The molecule has 0 spiro atoms. The summed E-state index contributed by atoms with van der Waals surface area (Å²) in [5.74, 6) is 1.04. The Kier molecular flexibility index (Phi) is 5.58. The quantitative estimate of drug-likeness (QED) is 0.851. The second-order valence-electron chi connectivity index (χ2n) is 4.50. The lowest BCUT2D eigenvalue weighted by Crippen LogP contribution is -2.08. The maximum absolute atomic E-state index is 4.24. The number of nitrogens with zero attached hydrogens (tertiary/aromatic N) is 2. The van der Waals surface area contributed by atoms with E-state index in [2.05, 4.69) is 34.2 Å². The van der Waals surface area contributed by atoms with Crippen molar-refractivity contribution < 1.29 is 0 Å². The van der Waals surface area contributed by atoms with Gasteiger partial charge in [-0.25, -0.2) is 0 Å². The van der Waals surface area contributed by atoms with Crippen molar-refractivity contribution in [3.63, 3.8) is 0 Å². The van der Waals surface area contributed by atoms with E-state index in [1.165, 1.54) is 37.1 Å². The Bertz CT molecular complexity index is 321. The Hall–Kier alpha value is -0.290. The van der Waals surface area contributed by atoms with Gasteiger partial charge in [0.25, 0.3) is 0 Å². The third-order valence-electron chi connectivity index (χ3n) is 2.99. The average molecular weight is 271 g/mol. The molecular formula is C12H21N3S2. The SMILES string of the molecule is CCCNc1nnc(CSC2CCCCC2)s1. The highest BCUT2D eigenvalue weighted by Gasteiger charge is 2.14. The van der Waals surface area contributed by atoms with Gasteiger partial charge in [-0.1, -0.05) is 37.5 Å². The number of aromatic nitrogens is 2. The number of hydrogen-bond acceptors (Lipinski definition) is 5. The molecular weight excluding hydrogens is 250 g/mol. The summed E-state index contributed by atoms with van der Waals surface area (Å²) in [6.07, 6.45) is 8.18. The number of nitrogens with one attached hydrogen (secondary N) is 1. The van der Waals surface area contributed by atoms with Crippen molar-refractivity contribution in [2.75, 3.05) is 11.9 Å². The first-order valence-electron chi connectivity index (χ1n) is 6.56. The highest BCUT2D eigenvalue weighted by molar-refractivity contribution is 7.99. The van der Waals surface area contributed by atoms with Crippen molar-refractivity contribution in [3.05, 3.63) is 5.01 Å². The molecule has 1 aliphatic carbocycles. The molecule has 0 aliphatic heterocycles. The molecule has 0 radical (unpaired) electrons. The largest absolute Gasteiger partial charge is 0.360 e. The Balaban J connectivity index is 1.72. The molecule has 1 fully saturated rings. The fraction of sp³-hybridized carbons (Fsp3) is 0.833. The van der Waals surface area contributed by atoms with Crippen molar-refractivity contribution >= 4 is 28.2 Å². The fourth-order valence-electron chi connectivity index (χ4n) is 2.04. The maximum Gasteiger partial charge on any atom is 0.205 e. The fourth-order valence-corrected chi connectivity index (χ4v) is 4.14. The van der Waals surface area contributed by atoms with Crippen LogP contribution in [0.25, 0.3) is 0 Å². The summed E-state index contributed by atoms with van der Waals surface area (Å²) < 4.78 is 0. The molecule has 0 unspecified atom stereocenters. The van der Waals surface area contributed by atoms with E-state index in [1.807, 2.05) is 0 Å². The highest BCUT2D eigenvalue weighted by Crippen LogP contribution is 2.31. The summed E-state index contributed by atoms with van der Waals surface area (Å²) in [6, 6.07) is 0. The van der Waals surface area contributed by atoms with E-state index in [0.717, 1.165) is 29.1 Å². The predicted octanol–water partition coefficient (Wildman–Crippen LogP) is 3.93. The molecule has 0 bridgehead atoms. The first-order valence-corrected chi connectivity index (χ1v) is 8.43. The van der Waals surface area contributed by atoms with Crippen LogP contribution in [0.5, 0.6) is 0 Å². The van der Waals surface area contributed by atoms with E-state index < -0.39 is 0 Å². The zero-order valence-electron chi connectivity index (χ0n) is 10.4. The molecule has 96 valence electrons. The van der Waals surface area contributed by atoms with Crippen LogP contribution in [-0.2, 0) is 5.75 Å². The van der Waals surface area contributed by atoms with Crippen LogP contribution in [0, 0.1) is 0 Å². The molecule has 1 aromatic heterocycles. The van der Waals surface area contributed by atoms with Gasteiger partial charge < -0.3 is 5.32 Å². The molecule has 0 saturated heterocycles. The zero-order chi connectivity index (χ0) is 11.9. The van der Waals surface area contributed by atoms with Crippen LogP contribution in [0.15, 0.2) is 0 Å². The van der Waals surface area contributed by atoms with Crippen LogP contribution in [0.1, 0.15) is 50.5 Å². The second-order valence-corrected chi connectivity index (χ2v) is 6.85. The van der Waals surface area contributed by atoms with E-state index in [1.54, 1.807) is 11.3 Å². The van der Waals surface area contributed by atoms with Gasteiger partial charge in [-0.2, -0.15) is 11.8 Å². The molecule has 3 nitrogen and oxygen atoms in total. The standard InChI is InChI=1S/C12H21N3S2/c1-2-8-13-12-15-14-11(17-12)9-16-10-6-4-3-5-7-10/h10H,2-9H2,1H3,(H,13,15). The minimum atomic E-state index is 0.861. The lowest BCUT2D eigenvalue weighted by molar-refractivity contribution is 0.516. The molecule has 17 heavy (non-hydrogen) atoms. The van der Waals surface area contributed by atoms with Gasteiger partial charge in [-0.15, -0.1) is 10.2 Å². The zero-order valence-corrected chi connectivity index (χ0v) is 12.1. The number of anilines is 1. The molecule has 1 saturated carbocycles. The van der Waals surface area contributed by atoms with E-state index in [4.69, 9.17) is 0 Å². The first-order chi connectivity index (χ1) is 8.38. The van der Waals surface area contributed by atoms with Crippen LogP contribution < -0.4 is 5.32 Å². The van der Waals surface area contributed by atoms with Gasteiger partial charge in [0.05, 0.1) is 0 Å². The van der Waals surface area contributed by atoms with E-state index >= 15 is 0 Å². The molecule has 0 aromatic carbocycles. The summed E-state index contributed by atoms with van der Waals surface area (Å²) in [4.78, 5) is 0. The Morgan fingerprint density at radius 1 is 1.29 bits per heavy atom. The number of thioether (sulfide) groups is 1. The van der Waals surface area contributed by atoms with Crippen molar-refractivity contribution in [3.8, 4) is 0 Å². The maximum atomic E-state index is 4.24. The van der Waals surface area contributed by atoms with Crippen LogP contribution in [0.4, 0.5) is 5.13 Å². The van der Waals surface area contributed by atoms with E-state index in [0.29, 0.717) is 0 Å². The van der Waals surface area contributed by atoms with Gasteiger partial charge in [0.1, 0.15) is 5.01 Å². The van der Waals surface area contributed by atoms with Crippen molar-refractivity contribution in [2.45, 2.75) is 56.5 Å². The summed E-state index contributed by atoms with van der Waals surface area (Å²) in [5.41, 5.74) is 0. The summed E-state index contributed by atoms with van der Waals surface area (Å²) in [7, 11) is 0. The second kappa shape index (κ2) is 7.21. The first kappa shape index (κ1) is 13.1. The molecule has 5 heteroatoms. The monoisotopic (exact) mass is 271 g/mol. The van der Waals surface area contributed by atoms with Crippen LogP contribution >= 0.6 is 23.1 Å². The molecule has 0 amide bonds. The van der Waals surface area contributed by atoms with Gasteiger partial charge in [0, 0.05) is 17.5 Å². The normalized spacial score (nSPS) is 17.2. The summed E-state index contributed by atoms with van der Waals surface area (Å²) in [6.45, 7) is 3.15.